The van der Waals surface area contributed by atoms with Crippen LogP contribution in [-0.2, 0) is 21.7 Å². The molecule has 0 saturated heterocycles. The Balaban J connectivity index is 0.000000105. The second-order valence-electron chi connectivity index (χ2n) is 42.0. The van der Waals surface area contributed by atoms with Crippen molar-refractivity contribution in [2.75, 3.05) is 0 Å². The predicted molar refractivity (Wildman–Crippen MR) is 610 cm³/mol. The van der Waals surface area contributed by atoms with E-state index in [2.05, 4.69) is 516 Å². The quantitative estimate of drug-likeness (QED) is 0.145. The summed E-state index contributed by atoms with van der Waals surface area (Å²) < 4.78 is 6.42. The third kappa shape index (κ3) is 12.3. The minimum Gasteiger partial charge on any atom is -0.456 e. The molecule has 0 aliphatic heterocycles. The number of furan rings is 1. The minimum atomic E-state index is -0.125. The van der Waals surface area contributed by atoms with E-state index in [0.717, 1.165) is 16.6 Å². The van der Waals surface area contributed by atoms with E-state index in [1.807, 2.05) is 0 Å². The summed E-state index contributed by atoms with van der Waals surface area (Å²) in [6, 6.07) is 171. The molecule has 4 aliphatic carbocycles. The largest absolute Gasteiger partial charge is 0.456 e. The number of rotatable bonds is 7. The molecule has 26 aromatic rings. The van der Waals surface area contributed by atoms with Crippen LogP contribution in [0.4, 0.5) is 0 Å². The van der Waals surface area contributed by atoms with Crippen LogP contribution in [0.1, 0.15) is 99.9 Å². The fourth-order valence-electron chi connectivity index (χ4n) is 26.9. The molecular formula is C142H100O. The van der Waals surface area contributed by atoms with Crippen LogP contribution in [0.15, 0.2) is 465 Å². The Hall–Kier alpha value is -17.1. The van der Waals surface area contributed by atoms with Gasteiger partial charge in [0.1, 0.15) is 11.2 Å². The lowest BCUT2D eigenvalue weighted by molar-refractivity contribution is 0.660. The van der Waals surface area contributed by atoms with Gasteiger partial charge in [-0.15, -0.1) is 0 Å². The van der Waals surface area contributed by atoms with E-state index >= 15 is 0 Å². The monoisotopic (exact) mass is 1820 g/mol. The lowest BCUT2D eigenvalue weighted by Crippen LogP contribution is -2.15. The molecule has 25 aromatic carbocycles. The third-order valence-corrected chi connectivity index (χ3v) is 33.1. The molecule has 1 heteroatoms. The molecular weight excluding hydrogens is 1720 g/mol. The summed E-state index contributed by atoms with van der Waals surface area (Å²) in [4.78, 5) is 0. The van der Waals surface area contributed by atoms with Gasteiger partial charge in [-0.1, -0.05) is 492 Å². The van der Waals surface area contributed by atoms with E-state index in [1.54, 1.807) is 0 Å². The zero-order valence-corrected chi connectivity index (χ0v) is 81.3. The van der Waals surface area contributed by atoms with E-state index < -0.39 is 0 Å². The summed E-state index contributed by atoms with van der Waals surface area (Å²) in [5, 5.41) is 28.1. The Kier molecular flexibility index (Phi) is 18.6. The standard InChI is InChI=1S/C49H32O.C48H36.C45H32/c1-49(2)41-21-11-20-38(46(41)39-25-22-30-13-4-6-15-33(30)48(39)49)45-36-18-9-7-16-34(36)44(35-17-8-10-19-37(35)45)31-24-26-42-40(28-31)47-32-14-5-3-12-29(32)23-27-43(47)50-42;1-47(2)40-22-12-11-16-32(40)33-26-25-30(28-42(33)47)43-34-17-7-9-19-36(34)44(37-20-10-8-18-35(37)43)38-21-13-23-41-45(38)39-27-24-29-14-5-6-15-31(29)46(39)48(41,3)4;1-45(2)40-26-14-25-38(43(40)39-28-27-30-17-6-7-19-32(30)44(39)45)42-36-23-12-10-21-34(36)41(35-22-11-13-24-37(35)42)33-20-9-8-18-31(33)29-15-4-3-5-16-29/h3-28H,1-2H3;5-28H,1-4H3;3-28H,1-2H3. The molecule has 0 N–H and O–H groups in total. The zero-order chi connectivity index (χ0) is 95.6. The minimum absolute atomic E-state index is 0.0531. The van der Waals surface area contributed by atoms with Gasteiger partial charge in [0, 0.05) is 32.4 Å². The average molecular weight is 1820 g/mol. The van der Waals surface area contributed by atoms with Gasteiger partial charge in [-0.25, -0.2) is 0 Å². The van der Waals surface area contributed by atoms with Crippen LogP contribution < -0.4 is 0 Å². The molecule has 0 unspecified atom stereocenters. The molecule has 0 atom stereocenters. The predicted octanol–water partition coefficient (Wildman–Crippen LogP) is 39.4. The fraction of sp³-hybridized carbons (Fsp3) is 0.0845. The van der Waals surface area contributed by atoms with Gasteiger partial charge in [0.25, 0.3) is 0 Å². The SMILES string of the molecule is CC1(C)c2cccc(-c3c4ccccc4c(-c4ccc5oc6ccc7ccccc7c6c5c4)c4ccccc34)c2-c2ccc3ccccc3c21.CC1(C)c2cccc(-c3c4ccccc4c(-c4ccccc4-c4ccccc4)c4ccccc34)c2-c2ccc3ccccc3c21.CC1(C)c2ccccc2-c2ccc(-c3c4ccccc4c(-c4cccc5c4-c4ccc6ccccc6c4C5(C)C)c4ccccc34)cc21. The molecule has 1 aromatic heterocycles. The molecule has 30 rings (SSSR count). The first-order valence-corrected chi connectivity index (χ1v) is 50.6. The lowest BCUT2D eigenvalue weighted by Gasteiger charge is -2.24. The van der Waals surface area contributed by atoms with Crippen molar-refractivity contribution in [2.45, 2.75) is 77.0 Å². The summed E-state index contributed by atoms with van der Waals surface area (Å²) >= 11 is 0. The highest BCUT2D eigenvalue weighted by Gasteiger charge is 2.44. The van der Waals surface area contributed by atoms with Crippen molar-refractivity contribution in [1.29, 1.82) is 0 Å². The molecule has 674 valence electrons. The smallest absolute Gasteiger partial charge is 0.136 e. The zero-order valence-electron chi connectivity index (χ0n) is 81.3. The number of hydrogen-bond acceptors (Lipinski definition) is 1. The van der Waals surface area contributed by atoms with Crippen molar-refractivity contribution in [3.05, 3.63) is 506 Å². The second-order valence-corrected chi connectivity index (χ2v) is 42.0. The van der Waals surface area contributed by atoms with Gasteiger partial charge in [-0.05, 0) is 299 Å². The normalized spacial score (nSPS) is 14.0. The number of hydrogen-bond donors (Lipinski definition) is 0. The maximum absolute atomic E-state index is 6.42. The Morgan fingerprint density at radius 3 is 0.818 bits per heavy atom. The van der Waals surface area contributed by atoms with E-state index in [-0.39, 0.29) is 21.7 Å². The summed E-state index contributed by atoms with van der Waals surface area (Å²) in [6.07, 6.45) is 0. The van der Waals surface area contributed by atoms with Gasteiger partial charge in [0.2, 0.25) is 0 Å². The highest BCUT2D eigenvalue weighted by molar-refractivity contribution is 6.29. The summed E-state index contributed by atoms with van der Waals surface area (Å²) in [7, 11) is 0. The third-order valence-electron chi connectivity index (χ3n) is 33.1. The van der Waals surface area contributed by atoms with Crippen LogP contribution in [0, 0.1) is 0 Å². The van der Waals surface area contributed by atoms with Crippen LogP contribution >= 0.6 is 0 Å². The fourth-order valence-corrected chi connectivity index (χ4v) is 26.9. The Bertz CT molecular complexity index is 9800. The first kappa shape index (κ1) is 84.0. The van der Waals surface area contributed by atoms with E-state index in [1.165, 1.54) is 280 Å². The molecule has 1 heterocycles. The first-order chi connectivity index (χ1) is 70.1. The molecule has 0 spiro atoms. The molecule has 0 radical (unpaired) electrons. The van der Waals surface area contributed by atoms with Crippen molar-refractivity contribution in [3.8, 4) is 122 Å². The molecule has 4 aliphatic rings. The van der Waals surface area contributed by atoms with Crippen LogP contribution in [0.5, 0.6) is 0 Å². The number of benzene rings is 25. The highest BCUT2D eigenvalue weighted by atomic mass is 16.3. The molecule has 143 heavy (non-hydrogen) atoms. The van der Waals surface area contributed by atoms with Crippen LogP contribution in [-0.4, -0.2) is 0 Å². The van der Waals surface area contributed by atoms with E-state index in [9.17, 15) is 0 Å². The van der Waals surface area contributed by atoms with E-state index in [0.29, 0.717) is 0 Å². The van der Waals surface area contributed by atoms with Crippen molar-refractivity contribution in [2.24, 2.45) is 0 Å². The van der Waals surface area contributed by atoms with Crippen molar-refractivity contribution >= 4 is 130 Å². The maximum atomic E-state index is 6.42. The molecule has 1 nitrogen and oxygen atoms in total. The van der Waals surface area contributed by atoms with E-state index in [4.69, 9.17) is 4.42 Å². The van der Waals surface area contributed by atoms with Gasteiger partial charge >= 0.3 is 0 Å². The second kappa shape index (κ2) is 31.7. The molecule has 0 amide bonds. The van der Waals surface area contributed by atoms with Crippen molar-refractivity contribution in [1.82, 2.24) is 0 Å². The topological polar surface area (TPSA) is 13.1 Å². The van der Waals surface area contributed by atoms with Crippen molar-refractivity contribution in [3.63, 3.8) is 0 Å². The average Bonchev–Trinajstić information content (AvgIpc) is 1.58. The van der Waals surface area contributed by atoms with Gasteiger partial charge in [0.15, 0.2) is 0 Å². The molecule has 0 fully saturated rings. The van der Waals surface area contributed by atoms with Gasteiger partial charge in [-0.3, -0.25) is 0 Å². The maximum Gasteiger partial charge on any atom is 0.136 e. The van der Waals surface area contributed by atoms with Crippen LogP contribution in [0.2, 0.25) is 0 Å². The summed E-state index contributed by atoms with van der Waals surface area (Å²) in [5.74, 6) is 0. The van der Waals surface area contributed by atoms with Crippen LogP contribution in [0.25, 0.3) is 252 Å². The first-order valence-electron chi connectivity index (χ1n) is 50.6. The Morgan fingerprint density at radius 1 is 0.140 bits per heavy atom. The van der Waals surface area contributed by atoms with Gasteiger partial charge < -0.3 is 4.42 Å². The highest BCUT2D eigenvalue weighted by Crippen LogP contribution is 2.63. The summed E-state index contributed by atoms with van der Waals surface area (Å²) in [6.45, 7) is 19.1. The Morgan fingerprint density at radius 2 is 0.413 bits per heavy atom. The van der Waals surface area contributed by atoms with Crippen LogP contribution in [0.3, 0.4) is 0 Å². The van der Waals surface area contributed by atoms with Gasteiger partial charge in [0.05, 0.1) is 0 Å². The lowest BCUT2D eigenvalue weighted by atomic mass is 9.79. The molecule has 0 saturated carbocycles. The molecule has 0 bridgehead atoms. The van der Waals surface area contributed by atoms with Gasteiger partial charge in [-0.2, -0.15) is 0 Å². The van der Waals surface area contributed by atoms with Crippen molar-refractivity contribution < 1.29 is 4.42 Å². The Labute approximate surface area is 833 Å². The summed E-state index contributed by atoms with van der Waals surface area (Å²) in [5.41, 5.74) is 41.6. The number of fused-ring (bicyclic) bond motifs is 29.